The van der Waals surface area contributed by atoms with Crippen molar-refractivity contribution in [1.29, 1.82) is 0 Å². The van der Waals surface area contributed by atoms with Gasteiger partial charge in [-0.15, -0.1) is 0 Å². The lowest BCUT2D eigenvalue weighted by Gasteiger charge is -2.20. The van der Waals surface area contributed by atoms with E-state index in [1.807, 2.05) is 0 Å². The standard InChI is InChI=1S/C30H17N3O7/c34-25(31-24-12-6-5-11-23(24)30(39)40)16-13-17(32-26(35)19-7-1-2-8-20(19)27(32)36)15-18(14-16)33-28(37)21-9-3-4-10-22(21)29(33)38/h1-15H,(H,31,34)(H,39,40). The van der Waals surface area contributed by atoms with Crippen molar-refractivity contribution in [3.05, 3.63) is 124 Å². The number of carboxylic acid groups (broad SMARTS) is 1. The lowest BCUT2D eigenvalue weighted by atomic mass is 10.1. The average molecular weight is 531 g/mol. The van der Waals surface area contributed by atoms with Crippen molar-refractivity contribution in [2.75, 3.05) is 15.1 Å². The molecule has 6 rings (SSSR count). The van der Waals surface area contributed by atoms with Gasteiger partial charge in [0.2, 0.25) is 0 Å². The molecule has 10 heteroatoms. The van der Waals surface area contributed by atoms with Crippen molar-refractivity contribution in [2.24, 2.45) is 0 Å². The zero-order valence-electron chi connectivity index (χ0n) is 20.5. The summed E-state index contributed by atoms with van der Waals surface area (Å²) in [6.45, 7) is 0. The maximum absolute atomic E-state index is 13.4. The second-order valence-corrected chi connectivity index (χ2v) is 9.03. The zero-order valence-corrected chi connectivity index (χ0v) is 20.5. The van der Waals surface area contributed by atoms with Crippen molar-refractivity contribution < 1.29 is 33.9 Å². The summed E-state index contributed by atoms with van der Waals surface area (Å²) >= 11 is 0. The summed E-state index contributed by atoms with van der Waals surface area (Å²) in [4.78, 5) is 79.7. The molecule has 0 radical (unpaired) electrons. The average Bonchev–Trinajstić information content (AvgIpc) is 3.37. The monoisotopic (exact) mass is 531 g/mol. The third kappa shape index (κ3) is 3.74. The van der Waals surface area contributed by atoms with Gasteiger partial charge < -0.3 is 10.4 Å². The van der Waals surface area contributed by atoms with Crippen LogP contribution in [0.1, 0.15) is 62.1 Å². The molecule has 0 saturated carbocycles. The van der Waals surface area contributed by atoms with Gasteiger partial charge in [0.1, 0.15) is 0 Å². The SMILES string of the molecule is O=C(Nc1ccccc1C(=O)O)c1cc(N2C(=O)c3ccccc3C2=O)cc(N2C(=O)c3ccccc3C2=O)c1. The Labute approximate surface area is 226 Å². The number of benzene rings is 4. The smallest absolute Gasteiger partial charge is 0.337 e. The Hall–Kier alpha value is -5.90. The van der Waals surface area contributed by atoms with Crippen LogP contribution in [0.5, 0.6) is 0 Å². The van der Waals surface area contributed by atoms with Crippen LogP contribution in [-0.2, 0) is 0 Å². The van der Waals surface area contributed by atoms with E-state index < -0.39 is 35.5 Å². The van der Waals surface area contributed by atoms with E-state index in [0.717, 1.165) is 9.80 Å². The van der Waals surface area contributed by atoms with Crippen LogP contribution in [0.3, 0.4) is 0 Å². The van der Waals surface area contributed by atoms with Crippen LogP contribution in [-0.4, -0.2) is 40.6 Å². The van der Waals surface area contributed by atoms with E-state index in [2.05, 4.69) is 5.32 Å². The van der Waals surface area contributed by atoms with E-state index >= 15 is 0 Å². The van der Waals surface area contributed by atoms with Gasteiger partial charge >= 0.3 is 5.97 Å². The summed E-state index contributed by atoms with van der Waals surface area (Å²) < 4.78 is 0. The third-order valence-electron chi connectivity index (χ3n) is 6.67. The highest BCUT2D eigenvalue weighted by Crippen LogP contribution is 2.35. The summed E-state index contributed by atoms with van der Waals surface area (Å²) in [6.07, 6.45) is 0. The molecular formula is C30H17N3O7. The Morgan fingerprint density at radius 1 is 0.575 bits per heavy atom. The number of carboxylic acids is 1. The largest absolute Gasteiger partial charge is 0.478 e. The van der Waals surface area contributed by atoms with E-state index in [1.54, 1.807) is 30.3 Å². The first-order valence-corrected chi connectivity index (χ1v) is 12.0. The molecule has 4 aromatic rings. The number of hydrogen-bond donors (Lipinski definition) is 2. The minimum absolute atomic E-state index is 0.00779. The number of amides is 5. The Kier molecular flexibility index (Phi) is 5.58. The predicted octanol–water partition coefficient (Wildman–Crippen LogP) is 4.24. The number of carbonyl (C=O) groups is 6. The Morgan fingerprint density at radius 3 is 1.40 bits per heavy atom. The molecular weight excluding hydrogens is 514 g/mol. The molecule has 10 nitrogen and oxygen atoms in total. The molecule has 2 aliphatic heterocycles. The quantitative estimate of drug-likeness (QED) is 0.367. The Balaban J connectivity index is 1.47. The van der Waals surface area contributed by atoms with Gasteiger partial charge in [-0.05, 0) is 54.6 Å². The van der Waals surface area contributed by atoms with Gasteiger partial charge in [-0.2, -0.15) is 0 Å². The van der Waals surface area contributed by atoms with Crippen molar-refractivity contribution in [2.45, 2.75) is 0 Å². The highest BCUT2D eigenvalue weighted by atomic mass is 16.4. The van der Waals surface area contributed by atoms with Crippen LogP contribution >= 0.6 is 0 Å². The number of anilines is 3. The number of carbonyl (C=O) groups excluding carboxylic acids is 5. The highest BCUT2D eigenvalue weighted by Gasteiger charge is 2.40. The number of nitrogens with one attached hydrogen (secondary N) is 1. The molecule has 0 aromatic heterocycles. The summed E-state index contributed by atoms with van der Waals surface area (Å²) in [5, 5.41) is 12.0. The first-order valence-electron chi connectivity index (χ1n) is 12.0. The normalized spacial score (nSPS) is 13.9. The second-order valence-electron chi connectivity index (χ2n) is 9.03. The number of fused-ring (bicyclic) bond motifs is 2. The van der Waals surface area contributed by atoms with Gasteiger partial charge in [-0.25, -0.2) is 14.6 Å². The van der Waals surface area contributed by atoms with Crippen molar-refractivity contribution in [3.63, 3.8) is 0 Å². The highest BCUT2D eigenvalue weighted by molar-refractivity contribution is 6.36. The van der Waals surface area contributed by atoms with Crippen LogP contribution < -0.4 is 15.1 Å². The van der Waals surface area contributed by atoms with Crippen LogP contribution in [0.4, 0.5) is 17.1 Å². The third-order valence-corrected chi connectivity index (χ3v) is 6.67. The minimum atomic E-state index is -1.26. The lowest BCUT2D eigenvalue weighted by molar-refractivity contribution is 0.0696. The van der Waals surface area contributed by atoms with Crippen LogP contribution in [0, 0.1) is 0 Å². The van der Waals surface area contributed by atoms with E-state index in [1.165, 1.54) is 60.7 Å². The maximum Gasteiger partial charge on any atom is 0.337 e. The molecule has 2 N–H and O–H groups in total. The van der Waals surface area contributed by atoms with Crippen molar-refractivity contribution in [3.8, 4) is 0 Å². The maximum atomic E-state index is 13.4. The number of aromatic carboxylic acids is 1. The van der Waals surface area contributed by atoms with Gasteiger partial charge in [0.15, 0.2) is 0 Å². The van der Waals surface area contributed by atoms with E-state index in [-0.39, 0.29) is 50.4 Å². The molecule has 0 aliphatic carbocycles. The number of imide groups is 2. The van der Waals surface area contributed by atoms with Crippen LogP contribution in [0.25, 0.3) is 0 Å². The van der Waals surface area contributed by atoms with Gasteiger partial charge in [0.25, 0.3) is 29.5 Å². The fourth-order valence-electron chi connectivity index (χ4n) is 4.81. The molecule has 0 bridgehead atoms. The summed E-state index contributed by atoms with van der Waals surface area (Å²) in [7, 11) is 0. The topological polar surface area (TPSA) is 141 Å². The molecule has 2 aliphatic rings. The fraction of sp³-hybridized carbons (Fsp3) is 0. The van der Waals surface area contributed by atoms with E-state index in [4.69, 9.17) is 0 Å². The van der Waals surface area contributed by atoms with Crippen LogP contribution in [0.15, 0.2) is 91.0 Å². The number of para-hydroxylation sites is 1. The molecule has 0 fully saturated rings. The molecule has 4 aromatic carbocycles. The van der Waals surface area contributed by atoms with Crippen molar-refractivity contribution >= 4 is 52.6 Å². The molecule has 2 heterocycles. The Morgan fingerprint density at radius 2 is 0.975 bits per heavy atom. The lowest BCUT2D eigenvalue weighted by Crippen LogP contribution is -2.32. The number of rotatable bonds is 5. The molecule has 0 spiro atoms. The first kappa shape index (κ1) is 24.4. The zero-order chi connectivity index (χ0) is 28.1. The molecule has 40 heavy (non-hydrogen) atoms. The van der Waals surface area contributed by atoms with Gasteiger partial charge in [0.05, 0.1) is 44.9 Å². The summed E-state index contributed by atoms with van der Waals surface area (Å²) in [6, 6.07) is 22.1. The van der Waals surface area contributed by atoms with Gasteiger partial charge in [-0.3, -0.25) is 24.0 Å². The van der Waals surface area contributed by atoms with Gasteiger partial charge in [0, 0.05) is 5.56 Å². The number of nitrogens with zero attached hydrogens (tertiary/aromatic N) is 2. The first-order chi connectivity index (χ1) is 19.3. The van der Waals surface area contributed by atoms with E-state index in [9.17, 15) is 33.9 Å². The van der Waals surface area contributed by atoms with Gasteiger partial charge in [-0.1, -0.05) is 36.4 Å². The molecule has 0 unspecified atom stereocenters. The molecule has 0 saturated heterocycles. The molecule has 0 atom stereocenters. The second kappa shape index (κ2) is 9.14. The van der Waals surface area contributed by atoms with E-state index in [0.29, 0.717) is 0 Å². The summed E-state index contributed by atoms with van der Waals surface area (Å²) in [5.74, 6) is -4.59. The van der Waals surface area contributed by atoms with Crippen molar-refractivity contribution in [1.82, 2.24) is 0 Å². The minimum Gasteiger partial charge on any atom is -0.478 e. The molecule has 5 amide bonds. The number of hydrogen-bond acceptors (Lipinski definition) is 6. The van der Waals surface area contributed by atoms with Crippen LogP contribution in [0.2, 0.25) is 0 Å². The summed E-state index contributed by atoms with van der Waals surface area (Å²) in [5.41, 5.74) is 0.302. The Bertz CT molecular complexity index is 1660. The predicted molar refractivity (Wildman–Crippen MR) is 143 cm³/mol. The fourth-order valence-corrected chi connectivity index (χ4v) is 4.81. The molecule has 194 valence electrons.